The molecule has 0 amide bonds. The lowest BCUT2D eigenvalue weighted by Gasteiger charge is -2.43. The van der Waals surface area contributed by atoms with Crippen molar-refractivity contribution in [1.82, 2.24) is 13.5 Å². The number of hydrogen-bond acceptors (Lipinski definition) is 3. The summed E-state index contributed by atoms with van der Waals surface area (Å²) in [6.07, 6.45) is 1.75. The largest absolute Gasteiger partial charge is 0.298 e. The second-order valence-electron chi connectivity index (χ2n) is 6.18. The minimum absolute atomic E-state index is 0.258. The zero-order valence-electron chi connectivity index (χ0n) is 12.6. The van der Waals surface area contributed by atoms with Gasteiger partial charge in [-0.15, -0.1) is 11.6 Å². The van der Waals surface area contributed by atoms with E-state index in [2.05, 4.69) is 25.8 Å². The van der Waals surface area contributed by atoms with Crippen LogP contribution in [0.5, 0.6) is 0 Å². The maximum absolute atomic E-state index is 12.7. The molecule has 5 nitrogen and oxygen atoms in total. The Bertz CT molecular complexity index is 411. The van der Waals surface area contributed by atoms with Gasteiger partial charge in [-0.1, -0.05) is 0 Å². The third kappa shape index (κ3) is 3.30. The molecule has 0 aromatic rings. The summed E-state index contributed by atoms with van der Waals surface area (Å²) >= 11 is 5.86. The van der Waals surface area contributed by atoms with E-state index < -0.39 is 10.2 Å². The highest BCUT2D eigenvalue weighted by molar-refractivity contribution is 7.86. The highest BCUT2D eigenvalue weighted by atomic mass is 35.5. The molecule has 0 saturated carbocycles. The molecule has 2 aliphatic rings. The summed E-state index contributed by atoms with van der Waals surface area (Å²) in [5.74, 6) is 1.10. The van der Waals surface area contributed by atoms with Crippen LogP contribution in [0, 0.1) is 5.92 Å². The van der Waals surface area contributed by atoms with Crippen LogP contribution in [-0.2, 0) is 10.2 Å². The summed E-state index contributed by atoms with van der Waals surface area (Å²) in [6.45, 7) is 6.54. The lowest BCUT2D eigenvalue weighted by Crippen LogP contribution is -2.59. The summed E-state index contributed by atoms with van der Waals surface area (Å²) in [4.78, 5) is 2.24. The molecule has 2 unspecified atom stereocenters. The lowest BCUT2D eigenvalue weighted by molar-refractivity contribution is 0.0995. The minimum Gasteiger partial charge on any atom is -0.298 e. The molecule has 2 saturated heterocycles. The van der Waals surface area contributed by atoms with Crippen LogP contribution in [-0.4, -0.2) is 73.1 Å². The van der Waals surface area contributed by atoms with Crippen molar-refractivity contribution in [2.45, 2.75) is 38.8 Å². The van der Waals surface area contributed by atoms with Crippen molar-refractivity contribution in [1.29, 1.82) is 0 Å². The number of alkyl halides is 1. The van der Waals surface area contributed by atoms with Gasteiger partial charge in [0.25, 0.3) is 10.2 Å². The smallest absolute Gasteiger partial charge is 0.282 e. The predicted octanol–water partition coefficient (Wildman–Crippen LogP) is 1.21. The molecule has 20 heavy (non-hydrogen) atoms. The van der Waals surface area contributed by atoms with Gasteiger partial charge in [0.15, 0.2) is 0 Å². The summed E-state index contributed by atoms with van der Waals surface area (Å²) in [5, 5.41) is 0. The predicted molar refractivity (Wildman–Crippen MR) is 82.2 cm³/mol. The van der Waals surface area contributed by atoms with Gasteiger partial charge in [-0.05, 0) is 39.7 Å². The minimum atomic E-state index is -3.31. The average molecular weight is 324 g/mol. The van der Waals surface area contributed by atoms with Crippen molar-refractivity contribution in [2.75, 3.05) is 39.1 Å². The molecule has 0 N–H and O–H groups in total. The molecular formula is C13H26ClN3O2S. The molecule has 2 heterocycles. The third-order valence-electron chi connectivity index (χ3n) is 4.77. The molecule has 2 atom stereocenters. The Kier molecular flexibility index (Phi) is 5.34. The van der Waals surface area contributed by atoms with Crippen LogP contribution in [0.15, 0.2) is 0 Å². The normalized spacial score (nSPS) is 32.6. The van der Waals surface area contributed by atoms with Crippen LogP contribution < -0.4 is 0 Å². The van der Waals surface area contributed by atoms with E-state index in [0.29, 0.717) is 38.0 Å². The number of likely N-dealkylation sites (N-methyl/N-ethyl adjacent to an activating group) is 1. The van der Waals surface area contributed by atoms with E-state index in [1.54, 1.807) is 8.61 Å². The Morgan fingerprint density at radius 3 is 2.00 bits per heavy atom. The number of rotatable bonds is 3. The second kappa shape index (κ2) is 6.48. The third-order valence-corrected chi connectivity index (χ3v) is 7.18. The Morgan fingerprint density at radius 2 is 1.55 bits per heavy atom. The first kappa shape index (κ1) is 16.5. The average Bonchev–Trinajstić information content (AvgIpc) is 2.44. The summed E-state index contributed by atoms with van der Waals surface area (Å²) in [6, 6.07) is 0.516. The molecule has 118 valence electrons. The molecule has 0 radical (unpaired) electrons. The Balaban J connectivity index is 2.04. The number of piperidine rings is 1. The van der Waals surface area contributed by atoms with Crippen LogP contribution in [0.3, 0.4) is 0 Å². The van der Waals surface area contributed by atoms with Crippen LogP contribution in [0.1, 0.15) is 26.7 Å². The first-order chi connectivity index (χ1) is 9.36. The van der Waals surface area contributed by atoms with Gasteiger partial charge in [0, 0.05) is 44.1 Å². The van der Waals surface area contributed by atoms with E-state index in [4.69, 9.17) is 11.6 Å². The van der Waals surface area contributed by atoms with Gasteiger partial charge in [-0.25, -0.2) is 0 Å². The van der Waals surface area contributed by atoms with Crippen molar-refractivity contribution >= 4 is 21.8 Å². The molecule has 2 aliphatic heterocycles. The van der Waals surface area contributed by atoms with Gasteiger partial charge in [0.2, 0.25) is 0 Å². The van der Waals surface area contributed by atoms with Gasteiger partial charge in [0.1, 0.15) is 0 Å². The number of nitrogens with zero attached hydrogens (tertiary/aromatic N) is 3. The van der Waals surface area contributed by atoms with Crippen molar-refractivity contribution < 1.29 is 8.42 Å². The molecule has 0 spiro atoms. The van der Waals surface area contributed by atoms with E-state index in [9.17, 15) is 8.42 Å². The molecule has 0 aliphatic carbocycles. The second-order valence-corrected chi connectivity index (χ2v) is 8.42. The van der Waals surface area contributed by atoms with Crippen molar-refractivity contribution in [3.05, 3.63) is 0 Å². The molecule has 2 rings (SSSR count). The molecular weight excluding hydrogens is 298 g/mol. The number of halogens is 1. The number of hydrogen-bond donors (Lipinski definition) is 0. The maximum Gasteiger partial charge on any atom is 0.282 e. The topological polar surface area (TPSA) is 43.9 Å². The SMILES string of the molecule is CC1CN(S(=O)(=O)N2CCC(CCl)CC2)CC(C)N1C. The Hall–Kier alpha value is 0.120. The van der Waals surface area contributed by atoms with Gasteiger partial charge in [-0.3, -0.25) is 4.90 Å². The first-order valence-corrected chi connectivity index (χ1v) is 9.32. The highest BCUT2D eigenvalue weighted by Gasteiger charge is 2.38. The fourth-order valence-electron chi connectivity index (χ4n) is 3.00. The zero-order valence-corrected chi connectivity index (χ0v) is 14.2. The van der Waals surface area contributed by atoms with Crippen LogP contribution >= 0.6 is 11.6 Å². The summed E-state index contributed by atoms with van der Waals surface area (Å²) in [5.41, 5.74) is 0. The maximum atomic E-state index is 12.7. The molecule has 0 aromatic carbocycles. The van der Waals surface area contributed by atoms with E-state index in [1.165, 1.54) is 0 Å². The Labute approximate surface area is 128 Å². The van der Waals surface area contributed by atoms with E-state index in [1.807, 2.05) is 0 Å². The van der Waals surface area contributed by atoms with Crippen molar-refractivity contribution in [2.24, 2.45) is 5.92 Å². The zero-order chi connectivity index (χ0) is 14.9. The van der Waals surface area contributed by atoms with E-state index >= 15 is 0 Å². The first-order valence-electron chi connectivity index (χ1n) is 7.39. The van der Waals surface area contributed by atoms with Gasteiger partial charge < -0.3 is 0 Å². The molecule has 7 heteroatoms. The van der Waals surface area contributed by atoms with Crippen LogP contribution in [0.2, 0.25) is 0 Å². The Morgan fingerprint density at radius 1 is 1.05 bits per heavy atom. The summed E-state index contributed by atoms with van der Waals surface area (Å²) < 4.78 is 28.8. The molecule has 0 bridgehead atoms. The standard InChI is InChI=1S/C13H26ClN3O2S/c1-11-9-17(10-12(2)15(11)3)20(18,19)16-6-4-13(8-14)5-7-16/h11-13H,4-10H2,1-3H3. The lowest BCUT2D eigenvalue weighted by atomic mass is 10.0. The van der Waals surface area contributed by atoms with Crippen molar-refractivity contribution in [3.8, 4) is 0 Å². The van der Waals surface area contributed by atoms with Gasteiger partial charge >= 0.3 is 0 Å². The van der Waals surface area contributed by atoms with E-state index in [0.717, 1.165) is 12.8 Å². The van der Waals surface area contributed by atoms with Crippen molar-refractivity contribution in [3.63, 3.8) is 0 Å². The van der Waals surface area contributed by atoms with Crippen LogP contribution in [0.4, 0.5) is 0 Å². The molecule has 0 aromatic heterocycles. The summed E-state index contributed by atoms with van der Waals surface area (Å²) in [7, 11) is -1.25. The van der Waals surface area contributed by atoms with Gasteiger partial charge in [0.05, 0.1) is 0 Å². The molecule has 2 fully saturated rings. The fraction of sp³-hybridized carbons (Fsp3) is 1.00. The number of piperazine rings is 1. The fourth-order valence-corrected chi connectivity index (χ4v) is 5.12. The van der Waals surface area contributed by atoms with Gasteiger partial charge in [-0.2, -0.15) is 17.0 Å². The van der Waals surface area contributed by atoms with E-state index in [-0.39, 0.29) is 12.1 Å². The monoisotopic (exact) mass is 323 g/mol. The quantitative estimate of drug-likeness (QED) is 0.733. The highest BCUT2D eigenvalue weighted by Crippen LogP contribution is 2.24. The van der Waals surface area contributed by atoms with Crippen LogP contribution in [0.25, 0.3) is 0 Å².